The van der Waals surface area contributed by atoms with Crippen LogP contribution in [0.2, 0.25) is 0 Å². The minimum atomic E-state index is -0.577. The van der Waals surface area contributed by atoms with E-state index in [0.29, 0.717) is 22.5 Å². The molecule has 2 aromatic carbocycles. The van der Waals surface area contributed by atoms with Gasteiger partial charge in [-0.3, -0.25) is 20.2 Å². The SMILES string of the molecule is CCOC(=O)Nc1ccc(C(=O)Nc2cccc([N+](=O)[O-])c2C)cc1. The van der Waals surface area contributed by atoms with Gasteiger partial charge < -0.3 is 10.1 Å². The highest BCUT2D eigenvalue weighted by Crippen LogP contribution is 2.25. The summed E-state index contributed by atoms with van der Waals surface area (Å²) in [6.07, 6.45) is -0.577. The number of nitro benzene ring substituents is 1. The normalized spacial score (nSPS) is 10.0. The minimum absolute atomic E-state index is 0.0632. The van der Waals surface area contributed by atoms with Crippen LogP contribution in [-0.2, 0) is 4.74 Å². The molecule has 0 atom stereocenters. The van der Waals surface area contributed by atoms with Gasteiger partial charge >= 0.3 is 6.09 Å². The van der Waals surface area contributed by atoms with Gasteiger partial charge in [0.15, 0.2) is 0 Å². The third-order valence-electron chi connectivity index (χ3n) is 3.42. The quantitative estimate of drug-likeness (QED) is 0.635. The maximum Gasteiger partial charge on any atom is 0.411 e. The molecular formula is C17H17N3O5. The predicted molar refractivity (Wildman–Crippen MR) is 92.9 cm³/mol. The van der Waals surface area contributed by atoms with Gasteiger partial charge in [0.25, 0.3) is 11.6 Å². The molecule has 0 aliphatic carbocycles. The zero-order valence-electron chi connectivity index (χ0n) is 13.7. The maximum atomic E-state index is 12.3. The van der Waals surface area contributed by atoms with Gasteiger partial charge in [-0.1, -0.05) is 6.07 Å². The van der Waals surface area contributed by atoms with Crippen LogP contribution >= 0.6 is 0 Å². The number of carbonyl (C=O) groups is 2. The Labute approximate surface area is 144 Å². The first kappa shape index (κ1) is 17.9. The molecule has 0 aliphatic heterocycles. The number of hydrogen-bond acceptors (Lipinski definition) is 5. The average Bonchev–Trinajstić information content (AvgIpc) is 2.57. The van der Waals surface area contributed by atoms with Gasteiger partial charge in [0.1, 0.15) is 0 Å². The second-order valence-electron chi connectivity index (χ2n) is 5.08. The number of nitrogens with zero attached hydrogens (tertiary/aromatic N) is 1. The lowest BCUT2D eigenvalue weighted by Gasteiger charge is -2.09. The standard InChI is InChI=1S/C17H17N3O5/c1-3-25-17(22)18-13-9-7-12(8-10-13)16(21)19-14-5-4-6-15(11(14)2)20(23)24/h4-10H,3H2,1-2H3,(H,18,22)(H,19,21). The van der Waals surface area contributed by atoms with E-state index in [2.05, 4.69) is 10.6 Å². The van der Waals surface area contributed by atoms with Gasteiger partial charge in [0.2, 0.25) is 0 Å². The largest absolute Gasteiger partial charge is 0.450 e. The Bertz CT molecular complexity index is 802. The van der Waals surface area contributed by atoms with Crippen molar-refractivity contribution >= 4 is 29.1 Å². The van der Waals surface area contributed by atoms with Crippen molar-refractivity contribution in [2.45, 2.75) is 13.8 Å². The molecule has 2 rings (SSSR count). The molecule has 2 N–H and O–H groups in total. The van der Waals surface area contributed by atoms with E-state index in [-0.39, 0.29) is 12.3 Å². The fourth-order valence-corrected chi connectivity index (χ4v) is 2.14. The van der Waals surface area contributed by atoms with Gasteiger partial charge in [-0.05, 0) is 44.2 Å². The van der Waals surface area contributed by atoms with Crippen LogP contribution in [0, 0.1) is 17.0 Å². The Kier molecular flexibility index (Phi) is 5.67. The summed E-state index contributed by atoms with van der Waals surface area (Å²) in [5, 5.41) is 16.1. The summed E-state index contributed by atoms with van der Waals surface area (Å²) in [4.78, 5) is 34.1. The highest BCUT2D eigenvalue weighted by molar-refractivity contribution is 6.05. The molecule has 2 amide bonds. The molecule has 8 heteroatoms. The van der Waals surface area contributed by atoms with Crippen molar-refractivity contribution in [3.8, 4) is 0 Å². The van der Waals surface area contributed by atoms with Crippen molar-refractivity contribution in [3.05, 3.63) is 63.7 Å². The number of amides is 2. The molecule has 0 aromatic heterocycles. The molecule has 2 aromatic rings. The second kappa shape index (κ2) is 7.91. The predicted octanol–water partition coefficient (Wildman–Crippen LogP) is 3.72. The molecule has 8 nitrogen and oxygen atoms in total. The van der Waals surface area contributed by atoms with E-state index in [4.69, 9.17) is 4.74 Å². The number of anilines is 2. The zero-order chi connectivity index (χ0) is 18.4. The van der Waals surface area contributed by atoms with E-state index < -0.39 is 16.9 Å². The number of benzene rings is 2. The van der Waals surface area contributed by atoms with E-state index >= 15 is 0 Å². The summed E-state index contributed by atoms with van der Waals surface area (Å²) in [5.74, 6) is -0.411. The smallest absolute Gasteiger partial charge is 0.411 e. The van der Waals surface area contributed by atoms with E-state index in [1.165, 1.54) is 24.3 Å². The molecule has 0 saturated heterocycles. The third kappa shape index (κ3) is 4.54. The Morgan fingerprint density at radius 3 is 2.40 bits per heavy atom. The summed E-state index contributed by atoms with van der Waals surface area (Å²) in [7, 11) is 0. The van der Waals surface area contributed by atoms with Crippen molar-refractivity contribution in [3.63, 3.8) is 0 Å². The first-order chi connectivity index (χ1) is 11.9. The van der Waals surface area contributed by atoms with Gasteiger partial charge in [-0.2, -0.15) is 0 Å². The van der Waals surface area contributed by atoms with Crippen molar-refractivity contribution in [2.24, 2.45) is 0 Å². The number of hydrogen-bond donors (Lipinski definition) is 2. The van der Waals surface area contributed by atoms with Crippen molar-refractivity contribution in [1.29, 1.82) is 0 Å². The van der Waals surface area contributed by atoms with Crippen LogP contribution in [0.1, 0.15) is 22.8 Å². The molecule has 0 heterocycles. The molecule has 25 heavy (non-hydrogen) atoms. The highest BCUT2D eigenvalue weighted by Gasteiger charge is 2.15. The highest BCUT2D eigenvalue weighted by atomic mass is 16.6. The number of carbonyl (C=O) groups excluding carboxylic acids is 2. The van der Waals surface area contributed by atoms with Crippen LogP contribution in [0.5, 0.6) is 0 Å². The van der Waals surface area contributed by atoms with Gasteiger partial charge in [0.05, 0.1) is 22.8 Å². The number of nitrogens with one attached hydrogen (secondary N) is 2. The fraction of sp³-hybridized carbons (Fsp3) is 0.176. The topological polar surface area (TPSA) is 111 Å². The maximum absolute atomic E-state index is 12.3. The summed E-state index contributed by atoms with van der Waals surface area (Å²) < 4.78 is 4.76. The minimum Gasteiger partial charge on any atom is -0.450 e. The Morgan fingerprint density at radius 1 is 1.12 bits per heavy atom. The van der Waals surface area contributed by atoms with Gasteiger partial charge in [-0.15, -0.1) is 0 Å². The number of nitro groups is 1. The van der Waals surface area contributed by atoms with E-state index in [9.17, 15) is 19.7 Å². The molecule has 130 valence electrons. The second-order valence-corrected chi connectivity index (χ2v) is 5.08. The van der Waals surface area contributed by atoms with Crippen LogP contribution < -0.4 is 10.6 Å². The van der Waals surface area contributed by atoms with Crippen LogP contribution in [0.3, 0.4) is 0 Å². The van der Waals surface area contributed by atoms with Crippen molar-refractivity contribution < 1.29 is 19.2 Å². The molecule has 0 unspecified atom stereocenters. The summed E-state index contributed by atoms with van der Waals surface area (Å²) in [5.41, 5.74) is 1.52. The van der Waals surface area contributed by atoms with Gasteiger partial charge in [0, 0.05) is 17.3 Å². The monoisotopic (exact) mass is 343 g/mol. The zero-order valence-corrected chi connectivity index (χ0v) is 13.7. The number of ether oxygens (including phenoxy) is 1. The molecule has 0 radical (unpaired) electrons. The average molecular weight is 343 g/mol. The van der Waals surface area contributed by atoms with Crippen LogP contribution in [-0.4, -0.2) is 23.5 Å². The Hall–Kier alpha value is -3.42. The molecule has 0 aliphatic rings. The molecular weight excluding hydrogens is 326 g/mol. The number of rotatable bonds is 5. The first-order valence-corrected chi connectivity index (χ1v) is 7.51. The van der Waals surface area contributed by atoms with E-state index in [0.717, 1.165) is 0 Å². The van der Waals surface area contributed by atoms with Crippen molar-refractivity contribution in [1.82, 2.24) is 0 Å². The summed E-state index contributed by atoms with van der Waals surface area (Å²) in [6, 6.07) is 10.7. The molecule has 0 fully saturated rings. The van der Waals surface area contributed by atoms with Crippen molar-refractivity contribution in [2.75, 3.05) is 17.2 Å². The fourth-order valence-electron chi connectivity index (χ4n) is 2.14. The lowest BCUT2D eigenvalue weighted by atomic mass is 10.1. The third-order valence-corrected chi connectivity index (χ3v) is 3.42. The molecule has 0 bridgehead atoms. The summed E-state index contributed by atoms with van der Waals surface area (Å²) in [6.45, 7) is 3.53. The molecule has 0 saturated carbocycles. The molecule has 0 spiro atoms. The van der Waals surface area contributed by atoms with Gasteiger partial charge in [-0.25, -0.2) is 4.79 Å². The summed E-state index contributed by atoms with van der Waals surface area (Å²) >= 11 is 0. The Balaban J connectivity index is 2.10. The Morgan fingerprint density at radius 2 is 1.80 bits per heavy atom. The lowest BCUT2D eigenvalue weighted by Crippen LogP contribution is -2.15. The van der Waals surface area contributed by atoms with E-state index in [1.807, 2.05) is 0 Å². The van der Waals surface area contributed by atoms with E-state index in [1.54, 1.807) is 32.0 Å². The lowest BCUT2D eigenvalue weighted by molar-refractivity contribution is -0.385. The van der Waals surface area contributed by atoms with Crippen LogP contribution in [0.15, 0.2) is 42.5 Å². The van der Waals surface area contributed by atoms with Crippen LogP contribution in [0.25, 0.3) is 0 Å². The van der Waals surface area contributed by atoms with Crippen LogP contribution in [0.4, 0.5) is 21.9 Å². The first-order valence-electron chi connectivity index (χ1n) is 7.51.